The van der Waals surface area contributed by atoms with Gasteiger partial charge in [-0.15, -0.1) is 0 Å². The molecular weight excluding hydrogens is 278 g/mol. The van der Waals surface area contributed by atoms with E-state index >= 15 is 0 Å². The van der Waals surface area contributed by atoms with Crippen molar-refractivity contribution in [2.45, 2.75) is 31.4 Å². The molecule has 2 saturated heterocycles. The highest BCUT2D eigenvalue weighted by atomic mass is 16.5. The Bertz CT molecular complexity index is 449. The SMILES string of the molecule is CC(C(N)=O)N1CCC(O)(CC(=O)N2CCOCC2)C1=O. The van der Waals surface area contributed by atoms with Crippen molar-refractivity contribution < 1.29 is 24.2 Å². The van der Waals surface area contributed by atoms with Gasteiger partial charge in [-0.2, -0.15) is 0 Å². The van der Waals surface area contributed by atoms with E-state index in [0.717, 1.165) is 0 Å². The number of likely N-dealkylation sites (tertiary alicyclic amines) is 1. The van der Waals surface area contributed by atoms with Gasteiger partial charge in [0.05, 0.1) is 19.6 Å². The molecule has 0 spiro atoms. The maximum atomic E-state index is 12.3. The van der Waals surface area contributed by atoms with Crippen LogP contribution in [-0.2, 0) is 19.1 Å². The highest BCUT2D eigenvalue weighted by molar-refractivity contribution is 5.95. The lowest BCUT2D eigenvalue weighted by Crippen LogP contribution is -2.50. The number of nitrogens with two attached hydrogens (primary N) is 1. The topological polar surface area (TPSA) is 113 Å². The van der Waals surface area contributed by atoms with Crippen molar-refractivity contribution in [1.82, 2.24) is 9.80 Å². The first kappa shape index (κ1) is 15.7. The Kier molecular flexibility index (Phi) is 4.48. The molecule has 2 heterocycles. The summed E-state index contributed by atoms with van der Waals surface area (Å²) in [6.07, 6.45) is -0.145. The number of amides is 3. The van der Waals surface area contributed by atoms with Crippen LogP contribution in [0.15, 0.2) is 0 Å². The van der Waals surface area contributed by atoms with Crippen molar-refractivity contribution in [2.75, 3.05) is 32.8 Å². The lowest BCUT2D eigenvalue weighted by Gasteiger charge is -2.30. The second-order valence-electron chi connectivity index (χ2n) is 5.53. The molecule has 0 bridgehead atoms. The average molecular weight is 299 g/mol. The van der Waals surface area contributed by atoms with Gasteiger partial charge in [0.2, 0.25) is 11.8 Å². The molecule has 3 amide bonds. The Morgan fingerprint density at radius 3 is 2.57 bits per heavy atom. The molecule has 3 N–H and O–H groups in total. The third kappa shape index (κ3) is 3.16. The van der Waals surface area contributed by atoms with Gasteiger partial charge in [-0.05, 0) is 6.92 Å². The zero-order valence-corrected chi connectivity index (χ0v) is 12.1. The molecule has 2 atom stereocenters. The van der Waals surface area contributed by atoms with Gasteiger partial charge < -0.3 is 25.4 Å². The summed E-state index contributed by atoms with van der Waals surface area (Å²) in [6.45, 7) is 3.58. The number of nitrogens with zero attached hydrogens (tertiary/aromatic N) is 2. The minimum Gasteiger partial charge on any atom is -0.379 e. The summed E-state index contributed by atoms with van der Waals surface area (Å²) in [7, 11) is 0. The van der Waals surface area contributed by atoms with E-state index in [9.17, 15) is 19.5 Å². The molecule has 0 saturated carbocycles. The normalized spacial score (nSPS) is 27.8. The fourth-order valence-corrected chi connectivity index (χ4v) is 2.64. The van der Waals surface area contributed by atoms with Crippen molar-refractivity contribution in [2.24, 2.45) is 5.73 Å². The molecule has 8 nitrogen and oxygen atoms in total. The van der Waals surface area contributed by atoms with E-state index in [4.69, 9.17) is 10.5 Å². The second kappa shape index (κ2) is 5.98. The zero-order valence-electron chi connectivity index (χ0n) is 12.1. The second-order valence-corrected chi connectivity index (χ2v) is 5.53. The highest BCUT2D eigenvalue weighted by Crippen LogP contribution is 2.28. The Labute approximate surface area is 122 Å². The molecule has 2 unspecified atom stereocenters. The van der Waals surface area contributed by atoms with Crippen LogP contribution in [0.2, 0.25) is 0 Å². The van der Waals surface area contributed by atoms with Crippen LogP contribution in [0.1, 0.15) is 19.8 Å². The summed E-state index contributed by atoms with van der Waals surface area (Å²) >= 11 is 0. The Morgan fingerprint density at radius 1 is 1.38 bits per heavy atom. The number of primary amides is 1. The summed E-state index contributed by atoms with van der Waals surface area (Å²) < 4.78 is 5.16. The van der Waals surface area contributed by atoms with Crippen LogP contribution in [-0.4, -0.2) is 77.1 Å². The van der Waals surface area contributed by atoms with Crippen LogP contribution in [0.5, 0.6) is 0 Å². The summed E-state index contributed by atoms with van der Waals surface area (Å²) in [5.74, 6) is -1.51. The number of carbonyl (C=O) groups excluding carboxylic acids is 3. The molecule has 0 aromatic rings. The zero-order chi connectivity index (χ0) is 15.6. The summed E-state index contributed by atoms with van der Waals surface area (Å²) in [5.41, 5.74) is 3.44. The molecule has 21 heavy (non-hydrogen) atoms. The van der Waals surface area contributed by atoms with Crippen LogP contribution >= 0.6 is 0 Å². The first-order valence-corrected chi connectivity index (χ1v) is 7.03. The van der Waals surface area contributed by atoms with Crippen LogP contribution in [0.3, 0.4) is 0 Å². The average Bonchev–Trinajstić information content (AvgIpc) is 2.75. The number of morpholine rings is 1. The molecule has 118 valence electrons. The lowest BCUT2D eigenvalue weighted by molar-refractivity contribution is -0.153. The monoisotopic (exact) mass is 299 g/mol. The van der Waals surface area contributed by atoms with Gasteiger partial charge in [0, 0.05) is 26.1 Å². The quantitative estimate of drug-likeness (QED) is 0.628. The Balaban J connectivity index is 2.00. The van der Waals surface area contributed by atoms with Crippen LogP contribution in [0.25, 0.3) is 0 Å². The van der Waals surface area contributed by atoms with E-state index in [0.29, 0.717) is 26.3 Å². The molecule has 0 aromatic carbocycles. The first-order chi connectivity index (χ1) is 9.85. The number of aliphatic hydroxyl groups is 1. The molecular formula is C13H21N3O5. The minimum absolute atomic E-state index is 0.125. The van der Waals surface area contributed by atoms with Crippen molar-refractivity contribution in [1.29, 1.82) is 0 Å². The Morgan fingerprint density at radius 2 is 2.00 bits per heavy atom. The minimum atomic E-state index is -1.74. The molecule has 8 heteroatoms. The van der Waals surface area contributed by atoms with Crippen molar-refractivity contribution >= 4 is 17.7 Å². The summed E-state index contributed by atoms with van der Waals surface area (Å²) in [6, 6.07) is -0.787. The van der Waals surface area contributed by atoms with E-state index in [-0.39, 0.29) is 25.3 Å². The van der Waals surface area contributed by atoms with E-state index in [1.54, 1.807) is 4.90 Å². The number of hydrogen-bond donors (Lipinski definition) is 2. The van der Waals surface area contributed by atoms with Crippen LogP contribution in [0, 0.1) is 0 Å². The lowest BCUT2D eigenvalue weighted by atomic mass is 9.97. The number of ether oxygens (including phenoxy) is 1. The molecule has 2 fully saturated rings. The predicted octanol–water partition coefficient (Wildman–Crippen LogP) is -1.93. The predicted molar refractivity (Wildman–Crippen MR) is 72.0 cm³/mol. The van der Waals surface area contributed by atoms with Crippen LogP contribution < -0.4 is 5.73 Å². The van der Waals surface area contributed by atoms with Crippen molar-refractivity contribution in [3.05, 3.63) is 0 Å². The van der Waals surface area contributed by atoms with Crippen molar-refractivity contribution in [3.8, 4) is 0 Å². The molecule has 2 rings (SSSR count). The molecule has 2 aliphatic rings. The van der Waals surface area contributed by atoms with E-state index in [1.807, 2.05) is 0 Å². The van der Waals surface area contributed by atoms with E-state index in [2.05, 4.69) is 0 Å². The van der Waals surface area contributed by atoms with Gasteiger partial charge in [-0.1, -0.05) is 0 Å². The van der Waals surface area contributed by atoms with Crippen molar-refractivity contribution in [3.63, 3.8) is 0 Å². The van der Waals surface area contributed by atoms with E-state index in [1.165, 1.54) is 11.8 Å². The first-order valence-electron chi connectivity index (χ1n) is 7.03. The third-order valence-electron chi connectivity index (χ3n) is 4.11. The number of hydrogen-bond acceptors (Lipinski definition) is 5. The fourth-order valence-electron chi connectivity index (χ4n) is 2.64. The third-order valence-corrected chi connectivity index (χ3v) is 4.11. The molecule has 0 aliphatic carbocycles. The molecule has 0 aromatic heterocycles. The van der Waals surface area contributed by atoms with Crippen LogP contribution in [0.4, 0.5) is 0 Å². The van der Waals surface area contributed by atoms with Gasteiger partial charge >= 0.3 is 0 Å². The summed E-state index contributed by atoms with van der Waals surface area (Å²) in [5, 5.41) is 10.4. The maximum absolute atomic E-state index is 12.3. The van der Waals surface area contributed by atoms with Gasteiger partial charge in [0.25, 0.3) is 5.91 Å². The Hall–Kier alpha value is -1.67. The van der Waals surface area contributed by atoms with Gasteiger partial charge in [0.15, 0.2) is 5.60 Å². The van der Waals surface area contributed by atoms with Gasteiger partial charge in [0.1, 0.15) is 6.04 Å². The number of rotatable bonds is 4. The fraction of sp³-hybridized carbons (Fsp3) is 0.769. The van der Waals surface area contributed by atoms with Gasteiger partial charge in [-0.25, -0.2) is 0 Å². The molecule has 2 aliphatic heterocycles. The molecule has 0 radical (unpaired) electrons. The van der Waals surface area contributed by atoms with E-state index < -0.39 is 23.5 Å². The summed E-state index contributed by atoms with van der Waals surface area (Å²) in [4.78, 5) is 38.4. The largest absolute Gasteiger partial charge is 0.379 e. The standard InChI is InChI=1S/C13H21N3O5/c1-9(11(14)18)16-3-2-13(20,12(16)19)8-10(17)15-4-6-21-7-5-15/h9,20H,2-8H2,1H3,(H2,14,18). The smallest absolute Gasteiger partial charge is 0.255 e. The van der Waals surface area contributed by atoms with Gasteiger partial charge in [-0.3, -0.25) is 14.4 Å². The maximum Gasteiger partial charge on any atom is 0.255 e. The highest BCUT2D eigenvalue weighted by Gasteiger charge is 2.49. The number of carbonyl (C=O) groups is 3.